The molecule has 0 fully saturated rings. The number of rotatable bonds is 3. The van der Waals surface area contributed by atoms with Gasteiger partial charge in [-0.3, -0.25) is 4.79 Å². The van der Waals surface area contributed by atoms with Gasteiger partial charge in [-0.05, 0) is 18.6 Å². The van der Waals surface area contributed by atoms with Crippen LogP contribution in [-0.4, -0.2) is 17.8 Å². The van der Waals surface area contributed by atoms with Crippen LogP contribution in [0, 0.1) is 12.7 Å². The van der Waals surface area contributed by atoms with E-state index >= 15 is 0 Å². The lowest BCUT2D eigenvalue weighted by Gasteiger charge is -2.05. The Morgan fingerprint density at radius 3 is 2.93 bits per heavy atom. The molecule has 1 N–H and O–H groups in total. The Hall–Kier alpha value is -0.900. The minimum Gasteiger partial charge on any atom is -0.351 e. The molecule has 0 spiro atoms. The molecule has 0 atom stereocenters. The zero-order chi connectivity index (χ0) is 10.6. The van der Waals surface area contributed by atoms with E-state index in [-0.39, 0.29) is 11.5 Å². The molecule has 1 aromatic rings. The molecule has 0 aliphatic rings. The van der Waals surface area contributed by atoms with Crippen molar-refractivity contribution >= 4 is 21.8 Å². The lowest BCUT2D eigenvalue weighted by Crippen LogP contribution is -2.26. The molecule has 76 valence electrons. The monoisotopic (exact) mass is 259 g/mol. The first-order chi connectivity index (χ1) is 6.66. The Kier molecular flexibility index (Phi) is 4.07. The molecule has 1 aromatic carbocycles. The molecule has 0 radical (unpaired) electrons. The summed E-state index contributed by atoms with van der Waals surface area (Å²) in [4.78, 5) is 11.4. The number of halogens is 2. The van der Waals surface area contributed by atoms with Crippen molar-refractivity contribution < 1.29 is 9.18 Å². The number of hydrogen-bond donors (Lipinski definition) is 1. The second kappa shape index (κ2) is 5.10. The number of benzene rings is 1. The molecule has 4 heteroatoms. The van der Waals surface area contributed by atoms with Gasteiger partial charge in [-0.1, -0.05) is 28.1 Å². The van der Waals surface area contributed by atoms with E-state index in [9.17, 15) is 9.18 Å². The van der Waals surface area contributed by atoms with Gasteiger partial charge in [0.15, 0.2) is 0 Å². The summed E-state index contributed by atoms with van der Waals surface area (Å²) in [7, 11) is 0. The highest BCUT2D eigenvalue weighted by molar-refractivity contribution is 9.09. The highest BCUT2D eigenvalue weighted by Gasteiger charge is 2.11. The Bertz CT molecular complexity index is 341. The quantitative estimate of drug-likeness (QED) is 0.830. The number of amides is 1. The summed E-state index contributed by atoms with van der Waals surface area (Å²) in [6.45, 7) is 2.13. The Morgan fingerprint density at radius 1 is 1.57 bits per heavy atom. The minimum atomic E-state index is -0.445. The molecule has 2 nitrogen and oxygen atoms in total. The summed E-state index contributed by atoms with van der Waals surface area (Å²) in [5, 5.41) is 3.25. The lowest BCUT2D eigenvalue weighted by molar-refractivity contribution is 0.0952. The van der Waals surface area contributed by atoms with E-state index in [2.05, 4.69) is 21.2 Å². The summed E-state index contributed by atoms with van der Waals surface area (Å²) in [5.41, 5.74) is 0.586. The first kappa shape index (κ1) is 11.2. The van der Waals surface area contributed by atoms with E-state index in [0.29, 0.717) is 17.4 Å². The van der Waals surface area contributed by atoms with Crippen LogP contribution in [0.2, 0.25) is 0 Å². The van der Waals surface area contributed by atoms with Gasteiger partial charge in [0.2, 0.25) is 0 Å². The van der Waals surface area contributed by atoms with Crippen molar-refractivity contribution in [3.8, 4) is 0 Å². The van der Waals surface area contributed by atoms with Crippen LogP contribution < -0.4 is 5.32 Å². The molecule has 1 amide bonds. The Balaban J connectivity index is 2.84. The number of carbonyl (C=O) groups is 1. The maximum Gasteiger partial charge on any atom is 0.254 e. The fourth-order valence-corrected chi connectivity index (χ4v) is 1.28. The number of carbonyl (C=O) groups excluding carboxylic acids is 1. The fraction of sp³-hybridized carbons (Fsp3) is 0.300. The molecule has 0 unspecified atom stereocenters. The van der Waals surface area contributed by atoms with E-state index in [1.165, 1.54) is 6.07 Å². The second-order valence-electron chi connectivity index (χ2n) is 2.88. The zero-order valence-electron chi connectivity index (χ0n) is 7.81. The Labute approximate surface area is 90.6 Å². The van der Waals surface area contributed by atoms with Gasteiger partial charge < -0.3 is 5.32 Å². The van der Waals surface area contributed by atoms with E-state index < -0.39 is 5.82 Å². The zero-order valence-corrected chi connectivity index (χ0v) is 9.40. The molecular weight excluding hydrogens is 249 g/mol. The Morgan fingerprint density at radius 2 is 2.29 bits per heavy atom. The first-order valence-electron chi connectivity index (χ1n) is 4.26. The van der Waals surface area contributed by atoms with Gasteiger partial charge >= 0.3 is 0 Å². The third kappa shape index (κ3) is 2.54. The average Bonchev–Trinajstić information content (AvgIpc) is 2.18. The van der Waals surface area contributed by atoms with Gasteiger partial charge in [-0.15, -0.1) is 0 Å². The second-order valence-corrected chi connectivity index (χ2v) is 3.67. The van der Waals surface area contributed by atoms with Crippen LogP contribution in [0.1, 0.15) is 15.9 Å². The minimum absolute atomic E-state index is 0.103. The SMILES string of the molecule is Cc1cccc(C(=O)NCCBr)c1F. The van der Waals surface area contributed by atoms with Crippen LogP contribution in [0.3, 0.4) is 0 Å². The summed E-state index contributed by atoms with van der Waals surface area (Å²) in [6.07, 6.45) is 0. The predicted molar refractivity (Wildman–Crippen MR) is 57.3 cm³/mol. The summed E-state index contributed by atoms with van der Waals surface area (Å²) >= 11 is 3.17. The van der Waals surface area contributed by atoms with Crippen molar-refractivity contribution in [3.63, 3.8) is 0 Å². The van der Waals surface area contributed by atoms with Gasteiger partial charge in [-0.25, -0.2) is 4.39 Å². The highest BCUT2D eigenvalue weighted by atomic mass is 79.9. The topological polar surface area (TPSA) is 29.1 Å². The normalized spacial score (nSPS) is 9.93. The number of hydrogen-bond acceptors (Lipinski definition) is 1. The van der Waals surface area contributed by atoms with Gasteiger partial charge in [-0.2, -0.15) is 0 Å². The molecule has 0 saturated heterocycles. The summed E-state index contributed by atoms with van der Waals surface area (Å²) < 4.78 is 13.4. The highest BCUT2D eigenvalue weighted by Crippen LogP contribution is 2.11. The van der Waals surface area contributed by atoms with Crippen LogP contribution >= 0.6 is 15.9 Å². The third-order valence-corrected chi connectivity index (χ3v) is 2.21. The van der Waals surface area contributed by atoms with E-state index in [0.717, 1.165) is 0 Å². The van der Waals surface area contributed by atoms with Crippen molar-refractivity contribution in [1.82, 2.24) is 5.32 Å². The van der Waals surface area contributed by atoms with Crippen molar-refractivity contribution in [1.29, 1.82) is 0 Å². The molecule has 0 saturated carbocycles. The van der Waals surface area contributed by atoms with E-state index in [1.807, 2.05) is 0 Å². The fourth-order valence-electron chi connectivity index (χ4n) is 1.08. The predicted octanol–water partition coefficient (Wildman–Crippen LogP) is 2.26. The van der Waals surface area contributed by atoms with Gasteiger partial charge in [0.25, 0.3) is 5.91 Å². The molecule has 0 aliphatic carbocycles. The van der Waals surface area contributed by atoms with Crippen LogP contribution in [-0.2, 0) is 0 Å². The molecule has 0 heterocycles. The van der Waals surface area contributed by atoms with Gasteiger partial charge in [0.1, 0.15) is 5.82 Å². The van der Waals surface area contributed by atoms with Crippen molar-refractivity contribution in [2.75, 3.05) is 11.9 Å². The molecule has 0 bridgehead atoms. The van der Waals surface area contributed by atoms with Crippen molar-refractivity contribution in [3.05, 3.63) is 35.1 Å². The molecule has 1 rings (SSSR count). The maximum atomic E-state index is 13.4. The largest absolute Gasteiger partial charge is 0.351 e. The van der Waals surface area contributed by atoms with Crippen molar-refractivity contribution in [2.24, 2.45) is 0 Å². The number of alkyl halides is 1. The maximum absolute atomic E-state index is 13.4. The van der Waals surface area contributed by atoms with Crippen LogP contribution in [0.5, 0.6) is 0 Å². The standard InChI is InChI=1S/C10H11BrFNO/c1-7-3-2-4-8(9(7)12)10(14)13-6-5-11/h2-4H,5-6H2,1H3,(H,13,14). The van der Waals surface area contributed by atoms with Gasteiger partial charge in [0, 0.05) is 11.9 Å². The smallest absolute Gasteiger partial charge is 0.254 e. The van der Waals surface area contributed by atoms with Crippen LogP contribution in [0.4, 0.5) is 4.39 Å². The van der Waals surface area contributed by atoms with Crippen LogP contribution in [0.15, 0.2) is 18.2 Å². The summed E-state index contributed by atoms with van der Waals surface area (Å²) in [6, 6.07) is 4.78. The third-order valence-electron chi connectivity index (χ3n) is 1.82. The lowest BCUT2D eigenvalue weighted by atomic mass is 10.1. The number of nitrogens with one attached hydrogen (secondary N) is 1. The molecule has 0 aliphatic heterocycles. The van der Waals surface area contributed by atoms with Gasteiger partial charge in [0.05, 0.1) is 5.56 Å². The number of aryl methyl sites for hydroxylation is 1. The molecule has 14 heavy (non-hydrogen) atoms. The van der Waals surface area contributed by atoms with Crippen molar-refractivity contribution in [2.45, 2.75) is 6.92 Å². The van der Waals surface area contributed by atoms with E-state index in [1.54, 1.807) is 19.1 Å². The molecular formula is C10H11BrFNO. The molecule has 0 aromatic heterocycles. The van der Waals surface area contributed by atoms with E-state index in [4.69, 9.17) is 0 Å². The van der Waals surface area contributed by atoms with Crippen LogP contribution in [0.25, 0.3) is 0 Å². The first-order valence-corrected chi connectivity index (χ1v) is 5.38. The average molecular weight is 260 g/mol. The summed E-state index contributed by atoms with van der Waals surface area (Å²) in [5.74, 6) is -0.815.